The zero-order valence-electron chi connectivity index (χ0n) is 12.7. The van der Waals surface area contributed by atoms with Gasteiger partial charge in [0.1, 0.15) is 5.92 Å². The zero-order valence-corrected chi connectivity index (χ0v) is 12.7. The van der Waals surface area contributed by atoms with Crippen LogP contribution in [0.3, 0.4) is 0 Å². The smallest absolute Gasteiger partial charge is 0.319 e. The van der Waals surface area contributed by atoms with Gasteiger partial charge in [-0.3, -0.25) is 9.59 Å². The van der Waals surface area contributed by atoms with E-state index in [9.17, 15) is 9.59 Å². The first-order chi connectivity index (χ1) is 10.2. The summed E-state index contributed by atoms with van der Waals surface area (Å²) in [5, 5.41) is 0. The molecule has 1 aromatic rings. The Bertz CT molecular complexity index is 471. The van der Waals surface area contributed by atoms with Crippen LogP contribution in [0.5, 0.6) is 0 Å². The molecule has 0 unspecified atom stereocenters. The third kappa shape index (κ3) is 4.83. The number of hydrogen-bond acceptors (Lipinski definition) is 4. The van der Waals surface area contributed by atoms with Crippen molar-refractivity contribution >= 4 is 17.8 Å². The van der Waals surface area contributed by atoms with Gasteiger partial charge in [-0.15, -0.1) is 0 Å². The fourth-order valence-electron chi connectivity index (χ4n) is 2.06. The summed E-state index contributed by atoms with van der Waals surface area (Å²) < 4.78 is 10.2. The molecule has 0 aromatic heterocycles. The number of benzene rings is 1. The van der Waals surface area contributed by atoms with Crippen molar-refractivity contribution in [2.24, 2.45) is 5.92 Å². The summed E-state index contributed by atoms with van der Waals surface area (Å²) in [7, 11) is 1.28. The third-order valence-electron chi connectivity index (χ3n) is 3.07. The van der Waals surface area contributed by atoms with E-state index in [4.69, 9.17) is 4.74 Å². The molecule has 21 heavy (non-hydrogen) atoms. The molecule has 114 valence electrons. The molecule has 1 aromatic carbocycles. The molecule has 1 heterocycles. The number of esters is 1. The van der Waals surface area contributed by atoms with E-state index in [0.717, 1.165) is 5.56 Å². The van der Waals surface area contributed by atoms with Crippen LogP contribution in [0.1, 0.15) is 25.8 Å². The fourth-order valence-corrected chi connectivity index (χ4v) is 2.06. The van der Waals surface area contributed by atoms with Gasteiger partial charge in [-0.25, -0.2) is 0 Å². The molecule has 0 amide bonds. The first-order valence-corrected chi connectivity index (χ1v) is 7.18. The lowest BCUT2D eigenvalue weighted by atomic mass is 9.92. The van der Waals surface area contributed by atoms with Crippen LogP contribution in [0, 0.1) is 5.92 Å². The van der Waals surface area contributed by atoms with Crippen molar-refractivity contribution in [2.75, 3.05) is 13.7 Å². The minimum atomic E-state index is -0.848. The van der Waals surface area contributed by atoms with Gasteiger partial charge in [0.05, 0.1) is 19.8 Å². The molecule has 1 fully saturated rings. The highest BCUT2D eigenvalue weighted by atomic mass is 16.5. The molecular formula is C17H22O4. The van der Waals surface area contributed by atoms with Gasteiger partial charge in [-0.1, -0.05) is 56.3 Å². The quantitative estimate of drug-likeness (QED) is 0.634. The van der Waals surface area contributed by atoms with Crippen LogP contribution >= 0.6 is 0 Å². The third-order valence-corrected chi connectivity index (χ3v) is 3.07. The first-order valence-electron chi connectivity index (χ1n) is 7.18. The van der Waals surface area contributed by atoms with Crippen molar-refractivity contribution in [2.45, 2.75) is 26.4 Å². The minimum Gasteiger partial charge on any atom is -0.468 e. The summed E-state index contributed by atoms with van der Waals surface area (Å²) in [6, 6.07) is 9.65. The van der Waals surface area contributed by atoms with Crippen molar-refractivity contribution < 1.29 is 19.1 Å². The molecule has 4 nitrogen and oxygen atoms in total. The minimum absolute atomic E-state index is 0.124. The average Bonchev–Trinajstić information content (AvgIpc) is 2.55. The Hall–Kier alpha value is -1.94. The van der Waals surface area contributed by atoms with Crippen molar-refractivity contribution in [3.05, 3.63) is 42.0 Å². The lowest BCUT2D eigenvalue weighted by molar-refractivity contribution is -0.158. The molecule has 0 radical (unpaired) electrons. The fraction of sp³-hybridized carbons (Fsp3) is 0.412. The standard InChI is InChI=1S/C15H16O4.C2H6/c1-18-15(17)14-12(16)9-10-19-13(14)8-7-11-5-3-2-4-6-11;1-2/h2-8,13-14H,9-10H2,1H3;1-2H3/b8-7+;/t13-,14+;/m1./s1. The van der Waals surface area contributed by atoms with E-state index in [1.54, 1.807) is 6.08 Å². The van der Waals surface area contributed by atoms with Crippen LogP contribution in [-0.4, -0.2) is 31.6 Å². The number of Topliss-reactive ketones (excluding diaryl/α,β-unsaturated/α-hetero) is 1. The predicted molar refractivity (Wildman–Crippen MR) is 81.7 cm³/mol. The van der Waals surface area contributed by atoms with Crippen molar-refractivity contribution in [1.82, 2.24) is 0 Å². The Morgan fingerprint density at radius 1 is 1.29 bits per heavy atom. The first kappa shape index (κ1) is 17.1. The Morgan fingerprint density at radius 3 is 2.57 bits per heavy atom. The molecule has 2 atom stereocenters. The molecule has 0 aliphatic carbocycles. The summed E-state index contributed by atoms with van der Waals surface area (Å²) in [6.07, 6.45) is 3.30. The van der Waals surface area contributed by atoms with Crippen LogP contribution in [0.25, 0.3) is 6.08 Å². The van der Waals surface area contributed by atoms with E-state index in [1.807, 2.05) is 50.3 Å². The number of hydrogen-bond donors (Lipinski definition) is 0. The second-order valence-corrected chi connectivity index (χ2v) is 4.32. The normalized spacial score (nSPS) is 21.6. The van der Waals surface area contributed by atoms with Gasteiger partial charge in [-0.05, 0) is 5.56 Å². The van der Waals surface area contributed by atoms with E-state index in [1.165, 1.54) is 7.11 Å². The van der Waals surface area contributed by atoms with Crippen molar-refractivity contribution in [1.29, 1.82) is 0 Å². The van der Waals surface area contributed by atoms with Gasteiger partial charge in [0.25, 0.3) is 0 Å². The monoisotopic (exact) mass is 290 g/mol. The lowest BCUT2D eigenvalue weighted by Gasteiger charge is -2.26. The molecule has 1 aliphatic heterocycles. The van der Waals surface area contributed by atoms with Crippen LogP contribution in [0.2, 0.25) is 0 Å². The number of ketones is 1. The molecule has 1 aliphatic rings. The molecule has 2 rings (SSSR count). The van der Waals surface area contributed by atoms with Crippen LogP contribution < -0.4 is 0 Å². The topological polar surface area (TPSA) is 52.6 Å². The van der Waals surface area contributed by atoms with Crippen molar-refractivity contribution in [3.63, 3.8) is 0 Å². The molecule has 0 N–H and O–H groups in total. The highest BCUT2D eigenvalue weighted by Gasteiger charge is 2.37. The number of carbonyl (C=O) groups is 2. The van der Waals surface area contributed by atoms with E-state index >= 15 is 0 Å². The SMILES string of the molecule is CC.COC(=O)[C@H]1C(=O)CCO[C@@H]1/C=C/c1ccccc1. The van der Waals surface area contributed by atoms with Gasteiger partial charge < -0.3 is 9.47 Å². The Morgan fingerprint density at radius 2 is 1.95 bits per heavy atom. The van der Waals surface area contributed by atoms with Crippen LogP contribution in [0.4, 0.5) is 0 Å². The number of carbonyl (C=O) groups excluding carboxylic acids is 2. The molecule has 0 spiro atoms. The molecule has 4 heteroatoms. The Balaban J connectivity index is 0.00000106. The van der Waals surface area contributed by atoms with Crippen molar-refractivity contribution in [3.8, 4) is 0 Å². The zero-order chi connectivity index (χ0) is 15.7. The van der Waals surface area contributed by atoms with E-state index in [2.05, 4.69) is 4.74 Å². The molecule has 0 saturated carbocycles. The summed E-state index contributed by atoms with van der Waals surface area (Å²) in [6.45, 7) is 4.34. The molecular weight excluding hydrogens is 268 g/mol. The maximum atomic E-state index is 11.8. The van der Waals surface area contributed by atoms with Gasteiger partial charge in [-0.2, -0.15) is 0 Å². The Labute approximate surface area is 125 Å². The largest absolute Gasteiger partial charge is 0.468 e. The van der Waals surface area contributed by atoms with E-state index < -0.39 is 18.0 Å². The predicted octanol–water partition coefficient (Wildman–Crippen LogP) is 2.87. The van der Waals surface area contributed by atoms with Crippen LogP contribution in [0.15, 0.2) is 36.4 Å². The maximum absolute atomic E-state index is 11.8. The van der Waals surface area contributed by atoms with E-state index in [-0.39, 0.29) is 12.2 Å². The number of ether oxygens (including phenoxy) is 2. The molecule has 0 bridgehead atoms. The van der Waals surface area contributed by atoms with Gasteiger partial charge >= 0.3 is 5.97 Å². The van der Waals surface area contributed by atoms with Gasteiger partial charge in [0.15, 0.2) is 5.78 Å². The summed E-state index contributed by atoms with van der Waals surface area (Å²) in [5.74, 6) is -1.51. The highest BCUT2D eigenvalue weighted by molar-refractivity contribution is 6.00. The average molecular weight is 290 g/mol. The van der Waals surface area contributed by atoms with E-state index in [0.29, 0.717) is 6.61 Å². The Kier molecular flexibility index (Phi) is 7.40. The van der Waals surface area contributed by atoms with Gasteiger partial charge in [0, 0.05) is 6.42 Å². The second kappa shape index (κ2) is 9.08. The summed E-state index contributed by atoms with van der Waals surface area (Å²) in [4.78, 5) is 23.4. The number of methoxy groups -OCH3 is 1. The molecule has 1 saturated heterocycles. The second-order valence-electron chi connectivity index (χ2n) is 4.32. The highest BCUT2D eigenvalue weighted by Crippen LogP contribution is 2.21. The summed E-state index contributed by atoms with van der Waals surface area (Å²) >= 11 is 0. The number of rotatable bonds is 3. The van der Waals surface area contributed by atoms with Gasteiger partial charge in [0.2, 0.25) is 0 Å². The summed E-state index contributed by atoms with van der Waals surface area (Å²) in [5.41, 5.74) is 0.993. The maximum Gasteiger partial charge on any atom is 0.319 e. The van der Waals surface area contributed by atoms with Crippen LogP contribution in [-0.2, 0) is 19.1 Å². The lowest BCUT2D eigenvalue weighted by Crippen LogP contribution is -2.41.